The fraction of sp³-hybridized carbons (Fsp3) is 0.389. The van der Waals surface area contributed by atoms with Crippen LogP contribution in [0.4, 0.5) is 0 Å². The molecule has 1 fully saturated rings. The molecule has 1 heterocycles. The van der Waals surface area contributed by atoms with Crippen molar-refractivity contribution in [2.45, 2.75) is 45.9 Å². The highest BCUT2D eigenvalue weighted by Gasteiger charge is 2.19. The van der Waals surface area contributed by atoms with Crippen LogP contribution in [0.1, 0.15) is 35.2 Å². The minimum atomic E-state index is 0.514. The average Bonchev–Trinajstić information content (AvgIpc) is 3.30. The zero-order chi connectivity index (χ0) is 14.7. The van der Waals surface area contributed by atoms with Crippen molar-refractivity contribution in [2.75, 3.05) is 0 Å². The van der Waals surface area contributed by atoms with Crippen LogP contribution < -0.4 is 10.1 Å². The van der Waals surface area contributed by atoms with Gasteiger partial charge in [-0.15, -0.1) is 0 Å². The van der Waals surface area contributed by atoms with E-state index in [2.05, 4.69) is 42.3 Å². The lowest BCUT2D eigenvalue weighted by molar-refractivity contribution is 0.299. The summed E-state index contributed by atoms with van der Waals surface area (Å²) < 4.78 is 5.85. The normalized spacial score (nSPS) is 14.2. The van der Waals surface area contributed by atoms with Gasteiger partial charge in [0.05, 0.1) is 5.69 Å². The van der Waals surface area contributed by atoms with E-state index in [-0.39, 0.29) is 0 Å². The fourth-order valence-electron chi connectivity index (χ4n) is 2.31. The fourth-order valence-corrected chi connectivity index (χ4v) is 2.31. The second kappa shape index (κ2) is 6.27. The highest BCUT2D eigenvalue weighted by molar-refractivity contribution is 5.35. The van der Waals surface area contributed by atoms with Crippen LogP contribution in [0.2, 0.25) is 0 Å². The van der Waals surface area contributed by atoms with Crippen molar-refractivity contribution in [3.8, 4) is 5.75 Å². The highest BCUT2D eigenvalue weighted by atomic mass is 16.5. The number of hydrogen-bond acceptors (Lipinski definition) is 3. The van der Waals surface area contributed by atoms with Crippen LogP contribution in [0, 0.1) is 13.8 Å². The lowest BCUT2D eigenvalue weighted by Gasteiger charge is -2.10. The molecule has 0 unspecified atom stereocenters. The summed E-state index contributed by atoms with van der Waals surface area (Å²) in [6.45, 7) is 5.59. The van der Waals surface area contributed by atoms with Gasteiger partial charge in [-0.05, 0) is 49.9 Å². The number of rotatable bonds is 6. The van der Waals surface area contributed by atoms with Crippen molar-refractivity contribution < 1.29 is 4.74 Å². The van der Waals surface area contributed by atoms with Crippen LogP contribution in [0.25, 0.3) is 0 Å². The Kier molecular flexibility index (Phi) is 4.20. The van der Waals surface area contributed by atoms with Crippen molar-refractivity contribution in [3.05, 3.63) is 58.9 Å². The number of hydrogen-bond donors (Lipinski definition) is 1. The number of aromatic nitrogens is 1. The molecule has 3 heteroatoms. The molecule has 1 aliphatic carbocycles. The summed E-state index contributed by atoms with van der Waals surface area (Å²) in [5, 5.41) is 3.49. The van der Waals surface area contributed by atoms with Crippen LogP contribution in [-0.4, -0.2) is 11.0 Å². The molecule has 0 amide bonds. The van der Waals surface area contributed by atoms with E-state index in [1.807, 2.05) is 18.3 Å². The first-order chi connectivity index (χ1) is 10.2. The Morgan fingerprint density at radius 2 is 2.05 bits per heavy atom. The standard InChI is InChI=1S/C18H22N2O/c1-13-3-8-18(14(2)9-13)21-12-17-5-4-15(11-20-17)10-19-16-6-7-16/h3-5,8-9,11,16,19H,6-7,10,12H2,1-2H3. The maximum atomic E-state index is 5.85. The zero-order valence-corrected chi connectivity index (χ0v) is 12.7. The first-order valence-corrected chi connectivity index (χ1v) is 7.58. The molecule has 3 nitrogen and oxygen atoms in total. The van der Waals surface area contributed by atoms with Gasteiger partial charge in [-0.3, -0.25) is 4.98 Å². The summed E-state index contributed by atoms with van der Waals surface area (Å²) in [5.74, 6) is 0.932. The van der Waals surface area contributed by atoms with Crippen LogP contribution >= 0.6 is 0 Å². The molecule has 1 aromatic heterocycles. The van der Waals surface area contributed by atoms with Gasteiger partial charge in [-0.1, -0.05) is 23.8 Å². The molecule has 0 spiro atoms. The molecule has 0 aliphatic heterocycles. The first kappa shape index (κ1) is 14.1. The quantitative estimate of drug-likeness (QED) is 0.880. The third kappa shape index (κ3) is 4.05. The van der Waals surface area contributed by atoms with Crippen LogP contribution in [0.3, 0.4) is 0 Å². The van der Waals surface area contributed by atoms with Crippen molar-refractivity contribution in [1.29, 1.82) is 0 Å². The van der Waals surface area contributed by atoms with E-state index >= 15 is 0 Å². The Balaban J connectivity index is 1.54. The highest BCUT2D eigenvalue weighted by Crippen LogP contribution is 2.20. The molecule has 0 atom stereocenters. The molecule has 0 saturated heterocycles. The van der Waals surface area contributed by atoms with Crippen molar-refractivity contribution in [3.63, 3.8) is 0 Å². The summed E-state index contributed by atoms with van der Waals surface area (Å²) in [6.07, 6.45) is 4.57. The summed E-state index contributed by atoms with van der Waals surface area (Å²) in [7, 11) is 0. The van der Waals surface area contributed by atoms with E-state index in [4.69, 9.17) is 4.74 Å². The van der Waals surface area contributed by atoms with Gasteiger partial charge in [0, 0.05) is 18.8 Å². The molecular weight excluding hydrogens is 260 g/mol. The number of nitrogens with zero attached hydrogens (tertiary/aromatic N) is 1. The van der Waals surface area contributed by atoms with Gasteiger partial charge in [-0.2, -0.15) is 0 Å². The van der Waals surface area contributed by atoms with Crippen molar-refractivity contribution in [1.82, 2.24) is 10.3 Å². The van der Waals surface area contributed by atoms with Gasteiger partial charge in [0.15, 0.2) is 0 Å². The van der Waals surface area contributed by atoms with Crippen molar-refractivity contribution >= 4 is 0 Å². The molecule has 3 rings (SSSR count). The van der Waals surface area contributed by atoms with E-state index in [1.54, 1.807) is 0 Å². The molecular formula is C18H22N2O. The van der Waals surface area contributed by atoms with Gasteiger partial charge in [0.25, 0.3) is 0 Å². The van der Waals surface area contributed by atoms with E-state index < -0.39 is 0 Å². The molecule has 1 aliphatic rings. The second-order valence-electron chi connectivity index (χ2n) is 5.87. The van der Waals surface area contributed by atoms with Crippen LogP contribution in [0.5, 0.6) is 5.75 Å². The monoisotopic (exact) mass is 282 g/mol. The second-order valence-corrected chi connectivity index (χ2v) is 5.87. The maximum absolute atomic E-state index is 5.85. The number of aryl methyl sites for hydroxylation is 2. The van der Waals surface area contributed by atoms with Gasteiger partial charge in [-0.25, -0.2) is 0 Å². The SMILES string of the molecule is Cc1ccc(OCc2ccc(CNC3CC3)cn2)c(C)c1. The van der Waals surface area contributed by atoms with E-state index in [9.17, 15) is 0 Å². The van der Waals surface area contributed by atoms with Gasteiger partial charge in [0.1, 0.15) is 12.4 Å². The topological polar surface area (TPSA) is 34.1 Å². The van der Waals surface area contributed by atoms with Crippen molar-refractivity contribution in [2.24, 2.45) is 0 Å². The van der Waals surface area contributed by atoms with E-state index in [0.717, 1.165) is 24.0 Å². The lowest BCUT2D eigenvalue weighted by atomic mass is 10.1. The smallest absolute Gasteiger partial charge is 0.130 e. The van der Waals surface area contributed by atoms with Crippen LogP contribution in [0.15, 0.2) is 36.5 Å². The molecule has 110 valence electrons. The van der Waals surface area contributed by atoms with Gasteiger partial charge >= 0.3 is 0 Å². The number of ether oxygens (including phenoxy) is 1. The molecule has 2 aromatic rings. The maximum Gasteiger partial charge on any atom is 0.130 e. The largest absolute Gasteiger partial charge is 0.487 e. The molecule has 1 aromatic carbocycles. The Bertz CT molecular complexity index is 603. The Morgan fingerprint density at radius 1 is 1.19 bits per heavy atom. The Morgan fingerprint density at radius 3 is 2.71 bits per heavy atom. The summed E-state index contributed by atoms with van der Waals surface area (Å²) in [5.41, 5.74) is 4.62. The minimum absolute atomic E-state index is 0.514. The molecule has 0 bridgehead atoms. The van der Waals surface area contributed by atoms with Gasteiger partial charge in [0.2, 0.25) is 0 Å². The lowest BCUT2D eigenvalue weighted by Crippen LogP contribution is -2.15. The predicted octanol–water partition coefficient (Wildman–Crippen LogP) is 3.53. The minimum Gasteiger partial charge on any atom is -0.487 e. The third-order valence-electron chi connectivity index (χ3n) is 3.76. The number of pyridine rings is 1. The number of benzene rings is 1. The molecule has 1 N–H and O–H groups in total. The molecule has 21 heavy (non-hydrogen) atoms. The number of nitrogens with one attached hydrogen (secondary N) is 1. The summed E-state index contributed by atoms with van der Waals surface area (Å²) in [6, 6.07) is 11.1. The first-order valence-electron chi connectivity index (χ1n) is 7.58. The van der Waals surface area contributed by atoms with Gasteiger partial charge < -0.3 is 10.1 Å². The predicted molar refractivity (Wildman–Crippen MR) is 84.3 cm³/mol. The Labute approximate surface area is 126 Å². The van der Waals surface area contributed by atoms with Crippen LogP contribution in [-0.2, 0) is 13.2 Å². The zero-order valence-electron chi connectivity index (χ0n) is 12.7. The average molecular weight is 282 g/mol. The third-order valence-corrected chi connectivity index (χ3v) is 3.76. The van der Waals surface area contributed by atoms with E-state index in [1.165, 1.54) is 29.5 Å². The summed E-state index contributed by atoms with van der Waals surface area (Å²) in [4.78, 5) is 4.47. The van der Waals surface area contributed by atoms with E-state index in [0.29, 0.717) is 6.61 Å². The molecule has 0 radical (unpaired) electrons. The Hall–Kier alpha value is -1.87. The summed E-state index contributed by atoms with van der Waals surface area (Å²) >= 11 is 0. The molecule has 1 saturated carbocycles.